The minimum atomic E-state index is -0.532. The summed E-state index contributed by atoms with van der Waals surface area (Å²) in [6.45, 7) is 68.8. The third-order valence-corrected chi connectivity index (χ3v) is 19.9. The van der Waals surface area contributed by atoms with Crippen molar-refractivity contribution in [3.63, 3.8) is 0 Å². The Balaban J connectivity index is 0.000000447. The number of rotatable bonds is 38. The molecule has 16 N–H and O–H groups in total. The average Bonchev–Trinajstić information content (AvgIpc) is 0.872. The van der Waals surface area contributed by atoms with Crippen LogP contribution in [0.25, 0.3) is 40.3 Å². The van der Waals surface area contributed by atoms with Crippen molar-refractivity contribution in [1.29, 1.82) is 0 Å². The van der Waals surface area contributed by atoms with E-state index in [0.29, 0.717) is 62.0 Å². The van der Waals surface area contributed by atoms with Gasteiger partial charge in [-0.2, -0.15) is 26.2 Å². The van der Waals surface area contributed by atoms with Gasteiger partial charge in [-0.05, 0) is 108 Å². The van der Waals surface area contributed by atoms with Crippen molar-refractivity contribution < 1.29 is 67.3 Å². The van der Waals surface area contributed by atoms with Crippen LogP contribution in [-0.2, 0) is 69.5 Å². The van der Waals surface area contributed by atoms with Gasteiger partial charge in [0, 0.05) is 219 Å². The third-order valence-electron chi connectivity index (χ3n) is 19.9. The molecule has 0 saturated carbocycles. The molecule has 0 aromatic heterocycles. The number of hydrogen-bond acceptors (Lipinski definition) is 20. The number of allylic oxidation sites excluding steroid dienone is 1. The first-order valence-corrected chi connectivity index (χ1v) is 45.5. The van der Waals surface area contributed by atoms with Crippen LogP contribution in [0, 0.1) is 0 Å². The number of nitrogens with one attached hydrogen (secondary N) is 16. The number of amides is 10. The van der Waals surface area contributed by atoms with E-state index in [2.05, 4.69) is 223 Å². The molecule has 3 saturated heterocycles. The molecule has 726 valence electrons. The predicted molar refractivity (Wildman–Crippen MR) is 540 cm³/mol. The molecular formula is C99H150N23O10Zn-3. The van der Waals surface area contributed by atoms with Gasteiger partial charge in [-0.1, -0.05) is 180 Å². The number of hydrogen-bond donors (Lipinski definition) is 16. The quantitative estimate of drug-likeness (QED) is 0.00332. The van der Waals surface area contributed by atoms with E-state index >= 15 is 0 Å². The van der Waals surface area contributed by atoms with E-state index in [1.165, 1.54) is 36.1 Å². The van der Waals surface area contributed by atoms with Gasteiger partial charge in [0.05, 0.1) is 19.6 Å². The van der Waals surface area contributed by atoms with Gasteiger partial charge in [-0.25, -0.2) is 33.6 Å². The van der Waals surface area contributed by atoms with E-state index in [4.69, 9.17) is 14.2 Å². The van der Waals surface area contributed by atoms with Crippen LogP contribution in [0.1, 0.15) is 65.3 Å². The molecule has 0 spiro atoms. The zero-order valence-corrected chi connectivity index (χ0v) is 82.2. The predicted octanol–water partition coefficient (Wildman–Crippen LogP) is 9.58. The average molecular weight is 1890 g/mol. The van der Waals surface area contributed by atoms with E-state index < -0.39 is 24.0 Å². The fraction of sp³-hybridized carbons (Fsp3) is 0.444. The van der Waals surface area contributed by atoms with Gasteiger partial charge < -0.3 is 120 Å². The van der Waals surface area contributed by atoms with Crippen molar-refractivity contribution in [3.05, 3.63) is 270 Å². The summed E-state index contributed by atoms with van der Waals surface area (Å²) >= 11 is 0. The maximum Gasteiger partial charge on any atom is 0.333 e. The van der Waals surface area contributed by atoms with Gasteiger partial charge >= 0.3 is 42.1 Å². The van der Waals surface area contributed by atoms with Crippen LogP contribution in [0.3, 0.4) is 0 Å². The molecule has 0 bridgehead atoms. The number of carbonyl (C=O) groups excluding carboxylic acids is 7. The summed E-state index contributed by atoms with van der Waals surface area (Å²) in [6.07, 6.45) is 9.24. The maximum atomic E-state index is 12.1. The molecule has 0 atom stereocenters. The summed E-state index contributed by atoms with van der Waals surface area (Å²) in [5.41, 5.74) is 11.5. The molecule has 3 fully saturated rings. The largest absolute Gasteiger partial charge is 0.665 e. The van der Waals surface area contributed by atoms with Crippen LogP contribution < -0.4 is 85.1 Å². The number of nitrogens with zero attached hydrogens (tertiary/aromatic N) is 7. The topological polar surface area (TPSA) is 395 Å². The van der Waals surface area contributed by atoms with Crippen LogP contribution in [0.4, 0.5) is 35.3 Å². The van der Waals surface area contributed by atoms with Crippen LogP contribution in [0.5, 0.6) is 0 Å². The molecule has 0 aliphatic carbocycles. The van der Waals surface area contributed by atoms with E-state index in [9.17, 15) is 33.6 Å². The molecule has 8 rings (SSSR count). The van der Waals surface area contributed by atoms with Crippen LogP contribution in [0.15, 0.2) is 209 Å². The van der Waals surface area contributed by atoms with E-state index in [0.717, 1.165) is 199 Å². The second kappa shape index (κ2) is 75.4. The van der Waals surface area contributed by atoms with Crippen molar-refractivity contribution >= 4 is 77.8 Å². The monoisotopic (exact) mass is 1890 g/mol. The number of ether oxygens (including phenoxy) is 3. The fourth-order valence-corrected chi connectivity index (χ4v) is 12.3. The smallest absolute Gasteiger partial charge is 0.333 e. The van der Waals surface area contributed by atoms with Crippen molar-refractivity contribution in [3.8, 4) is 0 Å². The standard InChI is InChI=1S/C28H47N7O8.C26H26N4O2.C17H28N4.C17H25N4.C11H24N4.Zn/c1-20(2)23(7)41-17-11-32-26(38)29-8-14-35(15-9-30-27(39)33-12-18-42-24(36)21(3)4)16-10-31-28(40)34-13-19-43-25(37)22(5)6;1-3-19-8-12-23(13-9-19)29-25(31)27-17-21-6-5-7-22(16-21)18-28-26(32)30-24-14-10-20(4-2)11-15-24;2*1-2-16-3-5-17(6-4-16)15-21-13-11-19-9-7-18-8-10-20-12-14-21;1-2-9-15-10-7-13-5-3-12-4-6-14-8-11-15;/h1,3,5,7-19H2,2,4,6H3,(H2,29,32,38)(H2,30,33,39)(H2,31,34,40);3-16H,1-2,17-18H2,(H2,27,29,31)(H2,28,30,32);2-6,18-20H,1,7-15H2;2-6H,1,7-15H2;2,12-14H,1,3-11H2;/q;;;-3;;. The molecule has 34 heteroatoms. The Bertz CT molecular complexity index is 3880. The first-order chi connectivity index (χ1) is 64.1. The molecule has 3 aliphatic heterocycles. The third kappa shape index (κ3) is 60.0. The van der Waals surface area contributed by atoms with Gasteiger partial charge in [-0.3, -0.25) is 14.7 Å². The summed E-state index contributed by atoms with van der Waals surface area (Å²) < 4.78 is 15.2. The molecule has 0 radical (unpaired) electrons. The van der Waals surface area contributed by atoms with E-state index in [1.807, 2.05) is 95.9 Å². The van der Waals surface area contributed by atoms with Crippen molar-refractivity contribution in [2.24, 2.45) is 0 Å². The Morgan fingerprint density at radius 2 is 0.669 bits per heavy atom. The molecule has 33 nitrogen and oxygen atoms in total. The van der Waals surface area contributed by atoms with Crippen molar-refractivity contribution in [1.82, 2.24) is 94.0 Å². The molecular weight excluding hydrogens is 1740 g/mol. The second-order valence-corrected chi connectivity index (χ2v) is 30.9. The summed E-state index contributed by atoms with van der Waals surface area (Å²) in [5, 5.41) is 61.4. The number of anilines is 2. The van der Waals surface area contributed by atoms with Gasteiger partial charge in [0.25, 0.3) is 0 Å². The zero-order chi connectivity index (χ0) is 95.7. The zero-order valence-electron chi connectivity index (χ0n) is 79.2. The van der Waals surface area contributed by atoms with Gasteiger partial charge in [0.15, 0.2) is 0 Å². The summed E-state index contributed by atoms with van der Waals surface area (Å²) in [4.78, 5) is 92.5. The van der Waals surface area contributed by atoms with E-state index in [-0.39, 0.29) is 101 Å². The first kappa shape index (κ1) is 116. The van der Waals surface area contributed by atoms with Crippen molar-refractivity contribution in [2.75, 3.05) is 253 Å². The Morgan fingerprint density at radius 3 is 1.00 bits per heavy atom. The number of carbonyl (C=O) groups is 7. The summed E-state index contributed by atoms with van der Waals surface area (Å²) in [7, 11) is 0. The van der Waals surface area contributed by atoms with Crippen LogP contribution >= 0.6 is 0 Å². The number of benzene rings is 5. The summed E-state index contributed by atoms with van der Waals surface area (Å²) in [5.74, 6) is -0.605. The SMILES string of the molecule is C=C(C)C(=C)OCCNC(=O)NCCN(CCNC(=O)NCCOC(=O)C(=C)C)CCNC(=O)NCCOC(=O)C(=C)C.C=CCN1CCNCCNCCNCC1.C=Cc1ccc(CN2CCNCCNCCNCC2)cc1.C=Cc1ccc(CN2CC[N-]CC[N-]CC[N-]CC2)cc1.C=Cc1ccc(NC(=O)NCc2cccc(CNC(=O)Nc3ccc(C=C)cc3)c2)cc1.[Zn]. The maximum absolute atomic E-state index is 12.1. The van der Waals surface area contributed by atoms with E-state index in [1.54, 1.807) is 19.1 Å². The molecule has 5 aromatic carbocycles. The van der Waals surface area contributed by atoms with Gasteiger partial charge in [0.1, 0.15) is 25.6 Å². The molecule has 0 unspecified atom stereocenters. The van der Waals surface area contributed by atoms with Gasteiger partial charge in [0.2, 0.25) is 0 Å². The molecule has 133 heavy (non-hydrogen) atoms. The Morgan fingerprint density at radius 1 is 0.361 bits per heavy atom. The number of esters is 2. The Hall–Kier alpha value is -11.0. The Kier molecular flexibility index (Phi) is 65.8. The minimum absolute atomic E-state index is 0. The van der Waals surface area contributed by atoms with Crippen molar-refractivity contribution in [2.45, 2.75) is 47.0 Å². The normalized spacial score (nSPS) is 14.3. The fourth-order valence-electron chi connectivity index (χ4n) is 12.3. The molecule has 3 heterocycles. The van der Waals surface area contributed by atoms with Gasteiger partial charge in [-0.15, -0.1) is 19.7 Å². The summed E-state index contributed by atoms with van der Waals surface area (Å²) in [6, 6.07) is 37.9. The molecule has 5 aromatic rings. The minimum Gasteiger partial charge on any atom is -0.665 e. The first-order valence-electron chi connectivity index (χ1n) is 45.5. The Labute approximate surface area is 803 Å². The molecule has 3 aliphatic rings. The molecule has 10 amide bonds. The van der Waals surface area contributed by atoms with Crippen LogP contribution in [-0.4, -0.2) is 304 Å². The van der Waals surface area contributed by atoms with Crippen LogP contribution in [0.2, 0.25) is 0 Å². The second-order valence-electron chi connectivity index (χ2n) is 30.9. The number of urea groups is 5.